The molecule has 0 aliphatic rings. The third kappa shape index (κ3) is 4.34. The molecule has 0 spiro atoms. The average Bonchev–Trinajstić information content (AvgIpc) is 3.22. The third-order valence-corrected chi connectivity index (χ3v) is 6.34. The van der Waals surface area contributed by atoms with E-state index in [1.54, 1.807) is 42.7 Å². The van der Waals surface area contributed by atoms with Crippen LogP contribution in [-0.4, -0.2) is 34.3 Å². The summed E-state index contributed by atoms with van der Waals surface area (Å²) in [6.07, 6.45) is 4.58. The number of pyridine rings is 1. The van der Waals surface area contributed by atoms with Crippen LogP contribution in [0.3, 0.4) is 0 Å². The Bertz CT molecular complexity index is 1400. The number of amides is 1. The van der Waals surface area contributed by atoms with E-state index in [0.29, 0.717) is 22.4 Å². The Morgan fingerprint density at radius 2 is 1.72 bits per heavy atom. The second kappa shape index (κ2) is 8.45. The van der Waals surface area contributed by atoms with E-state index in [-0.39, 0.29) is 15.7 Å². The fourth-order valence-electron chi connectivity index (χ4n) is 3.03. The zero-order chi connectivity index (χ0) is 22.9. The predicted octanol–water partition coefficient (Wildman–Crippen LogP) is 4.23. The summed E-state index contributed by atoms with van der Waals surface area (Å²) >= 11 is 5.91. The standard InChI is InChI=1S/C22H17ClN4O4S/c1-14-2-5-17(6-3-14)32(30,31)26-22(29)27-13-18(15-8-10-24-11-9-15)21(25-27)16-4-7-19(23)20(28)12-16/h2-13,28H,1H3,(H,26,29). The molecule has 2 aromatic heterocycles. The van der Waals surface area contributed by atoms with E-state index in [1.165, 1.54) is 30.5 Å². The summed E-state index contributed by atoms with van der Waals surface area (Å²) in [5, 5.41) is 14.5. The third-order valence-electron chi connectivity index (χ3n) is 4.69. The van der Waals surface area contributed by atoms with Crippen molar-refractivity contribution in [2.45, 2.75) is 11.8 Å². The number of rotatable bonds is 4. The number of aromatic nitrogens is 3. The van der Waals surface area contributed by atoms with Crippen LogP contribution in [-0.2, 0) is 10.0 Å². The molecule has 0 atom stereocenters. The highest BCUT2D eigenvalue weighted by molar-refractivity contribution is 7.90. The SMILES string of the molecule is Cc1ccc(S(=O)(=O)NC(=O)n2cc(-c3ccncc3)c(-c3ccc(Cl)c(O)c3)n2)cc1. The molecule has 0 radical (unpaired) electrons. The van der Waals surface area contributed by atoms with Gasteiger partial charge in [-0.25, -0.2) is 17.9 Å². The Hall–Kier alpha value is -3.69. The van der Waals surface area contributed by atoms with Crippen molar-refractivity contribution in [3.63, 3.8) is 0 Å². The van der Waals surface area contributed by atoms with Gasteiger partial charge in [0.1, 0.15) is 11.4 Å². The molecule has 10 heteroatoms. The van der Waals surface area contributed by atoms with Gasteiger partial charge in [0.25, 0.3) is 10.0 Å². The van der Waals surface area contributed by atoms with Crippen molar-refractivity contribution in [3.8, 4) is 28.1 Å². The molecule has 4 rings (SSSR count). The molecule has 0 aliphatic carbocycles. The number of phenols is 1. The number of aromatic hydroxyl groups is 1. The topological polar surface area (TPSA) is 114 Å². The van der Waals surface area contributed by atoms with Gasteiger partial charge >= 0.3 is 6.03 Å². The molecule has 162 valence electrons. The lowest BCUT2D eigenvalue weighted by atomic mass is 10.0. The Morgan fingerprint density at radius 1 is 1.03 bits per heavy atom. The number of nitrogens with zero attached hydrogens (tertiary/aromatic N) is 3. The molecular weight excluding hydrogens is 452 g/mol. The number of sulfonamides is 1. The smallest absolute Gasteiger partial charge is 0.355 e. The van der Waals surface area contributed by atoms with E-state index in [1.807, 2.05) is 11.6 Å². The first-order valence-corrected chi connectivity index (χ1v) is 11.2. The van der Waals surface area contributed by atoms with Gasteiger partial charge in [-0.05, 0) is 48.9 Å². The highest BCUT2D eigenvalue weighted by atomic mass is 35.5. The Labute approximate surface area is 189 Å². The van der Waals surface area contributed by atoms with E-state index in [9.17, 15) is 18.3 Å². The van der Waals surface area contributed by atoms with Gasteiger partial charge in [0.15, 0.2) is 0 Å². The van der Waals surface area contributed by atoms with Gasteiger partial charge in [-0.1, -0.05) is 35.4 Å². The number of hydrogen-bond acceptors (Lipinski definition) is 6. The summed E-state index contributed by atoms with van der Waals surface area (Å²) in [7, 11) is -4.10. The van der Waals surface area contributed by atoms with Crippen molar-refractivity contribution in [2.75, 3.05) is 0 Å². The molecule has 0 unspecified atom stereocenters. The second-order valence-electron chi connectivity index (χ2n) is 6.96. The van der Waals surface area contributed by atoms with Crippen LogP contribution >= 0.6 is 11.6 Å². The maximum Gasteiger partial charge on any atom is 0.355 e. The minimum Gasteiger partial charge on any atom is -0.506 e. The van der Waals surface area contributed by atoms with Crippen molar-refractivity contribution in [1.29, 1.82) is 0 Å². The highest BCUT2D eigenvalue weighted by Gasteiger charge is 2.22. The summed E-state index contributed by atoms with van der Waals surface area (Å²) in [5.41, 5.74) is 2.97. The summed E-state index contributed by atoms with van der Waals surface area (Å²) in [5.74, 6) is -0.147. The number of carbonyl (C=O) groups excluding carboxylic acids is 1. The van der Waals surface area contributed by atoms with Crippen LogP contribution in [0.25, 0.3) is 22.4 Å². The number of aryl methyl sites for hydroxylation is 1. The van der Waals surface area contributed by atoms with Crippen LogP contribution in [0.4, 0.5) is 4.79 Å². The first-order valence-electron chi connectivity index (χ1n) is 9.37. The van der Waals surface area contributed by atoms with Gasteiger partial charge < -0.3 is 5.11 Å². The molecule has 32 heavy (non-hydrogen) atoms. The maximum atomic E-state index is 12.8. The maximum absolute atomic E-state index is 12.8. The van der Waals surface area contributed by atoms with Crippen LogP contribution in [0.5, 0.6) is 5.75 Å². The highest BCUT2D eigenvalue weighted by Crippen LogP contribution is 2.34. The molecule has 2 aromatic carbocycles. The fourth-order valence-corrected chi connectivity index (χ4v) is 4.09. The lowest BCUT2D eigenvalue weighted by Gasteiger charge is -2.07. The number of phenolic OH excluding ortho intramolecular Hbond substituents is 1. The van der Waals surface area contributed by atoms with E-state index < -0.39 is 16.1 Å². The van der Waals surface area contributed by atoms with Gasteiger partial charge in [-0.3, -0.25) is 4.98 Å². The Balaban J connectivity index is 1.74. The van der Waals surface area contributed by atoms with Crippen LogP contribution in [0.15, 0.2) is 78.1 Å². The quantitative estimate of drug-likeness (QED) is 0.463. The van der Waals surface area contributed by atoms with Crippen LogP contribution in [0.2, 0.25) is 5.02 Å². The lowest BCUT2D eigenvalue weighted by Crippen LogP contribution is -2.34. The summed E-state index contributed by atoms with van der Waals surface area (Å²) in [4.78, 5) is 16.7. The van der Waals surface area contributed by atoms with E-state index >= 15 is 0 Å². The molecule has 8 nitrogen and oxygen atoms in total. The summed E-state index contributed by atoms with van der Waals surface area (Å²) < 4.78 is 28.2. The van der Waals surface area contributed by atoms with Crippen LogP contribution in [0.1, 0.15) is 5.56 Å². The Morgan fingerprint density at radius 3 is 2.38 bits per heavy atom. The average molecular weight is 469 g/mol. The van der Waals surface area contributed by atoms with Crippen molar-refractivity contribution in [2.24, 2.45) is 0 Å². The second-order valence-corrected chi connectivity index (χ2v) is 9.05. The molecule has 0 saturated heterocycles. The van der Waals surface area contributed by atoms with E-state index in [2.05, 4.69) is 10.1 Å². The molecule has 0 aliphatic heterocycles. The number of carbonyl (C=O) groups is 1. The lowest BCUT2D eigenvalue weighted by molar-refractivity contribution is 0.244. The molecule has 2 heterocycles. The normalized spacial score (nSPS) is 11.3. The van der Waals surface area contributed by atoms with Gasteiger partial charge in [0.2, 0.25) is 0 Å². The first-order chi connectivity index (χ1) is 15.2. The number of benzene rings is 2. The minimum atomic E-state index is -4.10. The van der Waals surface area contributed by atoms with Crippen molar-refractivity contribution in [3.05, 3.63) is 83.8 Å². The van der Waals surface area contributed by atoms with Gasteiger partial charge in [-0.15, -0.1) is 0 Å². The number of hydrogen-bond donors (Lipinski definition) is 2. The van der Waals surface area contributed by atoms with Crippen molar-refractivity contribution < 1.29 is 18.3 Å². The van der Waals surface area contributed by atoms with Gasteiger partial charge in [-0.2, -0.15) is 9.78 Å². The molecule has 0 bridgehead atoms. The molecule has 4 aromatic rings. The number of nitrogens with one attached hydrogen (secondary N) is 1. The van der Waals surface area contributed by atoms with E-state index in [0.717, 1.165) is 10.2 Å². The van der Waals surface area contributed by atoms with Gasteiger partial charge in [0, 0.05) is 29.7 Å². The van der Waals surface area contributed by atoms with Crippen molar-refractivity contribution >= 4 is 27.7 Å². The van der Waals surface area contributed by atoms with E-state index in [4.69, 9.17) is 11.6 Å². The minimum absolute atomic E-state index is 0.0409. The van der Waals surface area contributed by atoms with Crippen LogP contribution < -0.4 is 4.72 Å². The predicted molar refractivity (Wildman–Crippen MR) is 120 cm³/mol. The molecule has 0 fully saturated rings. The largest absolute Gasteiger partial charge is 0.506 e. The van der Waals surface area contributed by atoms with Crippen molar-refractivity contribution in [1.82, 2.24) is 19.5 Å². The fraction of sp³-hybridized carbons (Fsp3) is 0.0455. The molecule has 1 amide bonds. The summed E-state index contributed by atoms with van der Waals surface area (Å²) in [6, 6.07) is 13.2. The zero-order valence-electron chi connectivity index (χ0n) is 16.7. The first kappa shape index (κ1) is 21.5. The molecule has 0 saturated carbocycles. The monoisotopic (exact) mass is 468 g/mol. The molecule has 2 N–H and O–H groups in total. The Kier molecular flexibility index (Phi) is 5.68. The number of halogens is 1. The molecular formula is C22H17ClN4O4S. The summed E-state index contributed by atoms with van der Waals surface area (Å²) in [6.45, 7) is 1.83. The van der Waals surface area contributed by atoms with Gasteiger partial charge in [0.05, 0.1) is 9.92 Å². The van der Waals surface area contributed by atoms with Crippen LogP contribution in [0, 0.1) is 6.92 Å². The zero-order valence-corrected chi connectivity index (χ0v) is 18.3.